The fourth-order valence-electron chi connectivity index (χ4n) is 2.77. The minimum Gasteiger partial charge on any atom is -0.294 e. The van der Waals surface area contributed by atoms with Gasteiger partial charge < -0.3 is 0 Å². The summed E-state index contributed by atoms with van der Waals surface area (Å²) in [5, 5.41) is 4.36. The molecule has 7 nitrogen and oxygen atoms in total. The quantitative estimate of drug-likeness (QED) is 0.875. The van der Waals surface area contributed by atoms with Gasteiger partial charge in [0, 0.05) is 31.4 Å². The van der Waals surface area contributed by atoms with Gasteiger partial charge in [-0.1, -0.05) is 12.5 Å². The number of aromatic nitrogens is 2. The Bertz CT molecular complexity index is 778. The summed E-state index contributed by atoms with van der Waals surface area (Å²) in [6, 6.07) is 4.64. The van der Waals surface area contributed by atoms with Crippen LogP contribution in [0.5, 0.6) is 0 Å². The first-order valence-corrected chi connectivity index (χ1v) is 10.0. The molecule has 1 aliphatic rings. The Morgan fingerprint density at radius 2 is 2.08 bits per heavy atom. The Kier molecular flexibility index (Phi) is 5.22. The fourth-order valence-corrected chi connectivity index (χ4v) is 5.59. The summed E-state index contributed by atoms with van der Waals surface area (Å²) in [6.45, 7) is 0.444. The number of thiophene rings is 1. The van der Waals surface area contributed by atoms with Gasteiger partial charge in [-0.25, -0.2) is 18.4 Å². The number of hydrogen-bond acceptors (Lipinski definition) is 6. The van der Waals surface area contributed by atoms with E-state index in [0.29, 0.717) is 17.2 Å². The molecule has 1 fully saturated rings. The van der Waals surface area contributed by atoms with E-state index in [1.807, 2.05) is 0 Å². The van der Waals surface area contributed by atoms with Gasteiger partial charge in [0.05, 0.1) is 0 Å². The molecule has 24 heavy (non-hydrogen) atoms. The summed E-state index contributed by atoms with van der Waals surface area (Å²) in [7, 11) is -3.55. The average molecular weight is 366 g/mol. The Balaban J connectivity index is 1.72. The highest BCUT2D eigenvalue weighted by Crippen LogP contribution is 2.29. The number of nitrogens with one attached hydrogen (secondary N) is 1. The topological polar surface area (TPSA) is 92.3 Å². The van der Waals surface area contributed by atoms with Crippen molar-refractivity contribution in [1.29, 1.82) is 0 Å². The lowest BCUT2D eigenvalue weighted by Crippen LogP contribution is -2.45. The van der Waals surface area contributed by atoms with E-state index in [9.17, 15) is 13.2 Å². The van der Waals surface area contributed by atoms with Crippen LogP contribution in [0.4, 0.5) is 5.95 Å². The third-order valence-corrected chi connectivity index (χ3v) is 7.19. The van der Waals surface area contributed by atoms with E-state index in [1.165, 1.54) is 28.0 Å². The molecule has 3 rings (SSSR count). The largest absolute Gasteiger partial charge is 0.294 e. The molecule has 128 valence electrons. The monoisotopic (exact) mass is 366 g/mol. The molecule has 0 aromatic carbocycles. The standard InChI is InChI=1S/C15H18N4O3S2/c20-13(18-15-16-7-4-8-17-15)11-12-5-1-2-9-19(12)24(21,22)14-6-3-10-23-14/h3-4,6-8,10,12H,1-2,5,9,11H2,(H,16,17,18,20). The number of sulfonamides is 1. The third-order valence-electron chi connectivity index (χ3n) is 3.87. The Hall–Kier alpha value is -1.84. The summed E-state index contributed by atoms with van der Waals surface area (Å²) in [6.07, 6.45) is 5.57. The van der Waals surface area contributed by atoms with Crippen LogP contribution in [0.15, 0.2) is 40.2 Å². The van der Waals surface area contributed by atoms with E-state index < -0.39 is 10.0 Å². The van der Waals surface area contributed by atoms with E-state index in [1.54, 1.807) is 23.6 Å². The molecular formula is C15H18N4O3S2. The molecule has 0 saturated carbocycles. The van der Waals surface area contributed by atoms with Crippen LogP contribution in [0.2, 0.25) is 0 Å². The highest BCUT2D eigenvalue weighted by atomic mass is 32.2. The number of anilines is 1. The Morgan fingerprint density at radius 3 is 2.79 bits per heavy atom. The number of piperidine rings is 1. The lowest BCUT2D eigenvalue weighted by Gasteiger charge is -2.33. The van der Waals surface area contributed by atoms with Gasteiger partial charge >= 0.3 is 0 Å². The number of nitrogens with zero attached hydrogens (tertiary/aromatic N) is 3. The Morgan fingerprint density at radius 1 is 1.29 bits per heavy atom. The fraction of sp³-hybridized carbons (Fsp3) is 0.400. The summed E-state index contributed by atoms with van der Waals surface area (Å²) in [5.74, 6) is -0.0505. The van der Waals surface area contributed by atoms with Crippen molar-refractivity contribution in [3.05, 3.63) is 36.0 Å². The van der Waals surface area contributed by atoms with E-state index in [0.717, 1.165) is 12.8 Å². The number of amides is 1. The second kappa shape index (κ2) is 7.37. The zero-order valence-electron chi connectivity index (χ0n) is 13.0. The number of carbonyl (C=O) groups excluding carboxylic acids is 1. The molecule has 1 aliphatic heterocycles. The van der Waals surface area contributed by atoms with Crippen molar-refractivity contribution in [1.82, 2.24) is 14.3 Å². The first-order chi connectivity index (χ1) is 11.6. The van der Waals surface area contributed by atoms with Crippen LogP contribution in [0.3, 0.4) is 0 Å². The molecule has 9 heteroatoms. The van der Waals surface area contributed by atoms with Gasteiger partial charge in [-0.3, -0.25) is 10.1 Å². The van der Waals surface area contributed by atoms with Gasteiger partial charge in [0.2, 0.25) is 11.9 Å². The highest BCUT2D eigenvalue weighted by molar-refractivity contribution is 7.91. The second-order valence-electron chi connectivity index (χ2n) is 5.52. The molecule has 1 unspecified atom stereocenters. The van der Waals surface area contributed by atoms with E-state index in [-0.39, 0.29) is 24.3 Å². The number of rotatable bonds is 5. The van der Waals surface area contributed by atoms with Crippen molar-refractivity contribution >= 4 is 33.2 Å². The van der Waals surface area contributed by atoms with Gasteiger partial charge in [-0.15, -0.1) is 11.3 Å². The first-order valence-electron chi connectivity index (χ1n) is 7.69. The molecule has 1 amide bonds. The van der Waals surface area contributed by atoms with E-state index in [2.05, 4.69) is 15.3 Å². The molecule has 1 atom stereocenters. The minimum atomic E-state index is -3.55. The average Bonchev–Trinajstić information content (AvgIpc) is 3.11. The summed E-state index contributed by atoms with van der Waals surface area (Å²) < 4.78 is 27.3. The van der Waals surface area contributed by atoms with Gasteiger partial charge in [0.1, 0.15) is 4.21 Å². The Labute approximate surface area is 144 Å². The van der Waals surface area contributed by atoms with Crippen molar-refractivity contribution in [2.24, 2.45) is 0 Å². The summed E-state index contributed by atoms with van der Waals surface area (Å²) >= 11 is 1.20. The van der Waals surface area contributed by atoms with Crippen molar-refractivity contribution in [3.8, 4) is 0 Å². The normalized spacial score (nSPS) is 19.1. The smallest absolute Gasteiger partial charge is 0.252 e. The lowest BCUT2D eigenvalue weighted by atomic mass is 10.0. The molecule has 0 spiro atoms. The van der Waals surface area contributed by atoms with Gasteiger partial charge in [0.25, 0.3) is 10.0 Å². The SMILES string of the molecule is O=C(CC1CCCCN1S(=O)(=O)c1cccs1)Nc1ncccn1. The summed E-state index contributed by atoms with van der Waals surface area (Å²) in [5.41, 5.74) is 0. The highest BCUT2D eigenvalue weighted by Gasteiger charge is 2.35. The van der Waals surface area contributed by atoms with Crippen molar-refractivity contribution in [3.63, 3.8) is 0 Å². The summed E-state index contributed by atoms with van der Waals surface area (Å²) in [4.78, 5) is 20.1. The third kappa shape index (κ3) is 3.80. The second-order valence-corrected chi connectivity index (χ2v) is 8.59. The van der Waals surface area contributed by atoms with Gasteiger partial charge in [-0.05, 0) is 30.4 Å². The van der Waals surface area contributed by atoms with Crippen LogP contribution >= 0.6 is 11.3 Å². The molecule has 0 aliphatic carbocycles. The van der Waals surface area contributed by atoms with Crippen molar-refractivity contribution in [2.75, 3.05) is 11.9 Å². The predicted octanol–water partition coefficient (Wildman–Crippen LogP) is 2.11. The van der Waals surface area contributed by atoms with Crippen LogP contribution in [-0.2, 0) is 14.8 Å². The maximum atomic E-state index is 12.8. The number of hydrogen-bond donors (Lipinski definition) is 1. The molecule has 2 aromatic heterocycles. The molecule has 1 N–H and O–H groups in total. The molecule has 2 aromatic rings. The molecule has 3 heterocycles. The van der Waals surface area contributed by atoms with Gasteiger partial charge in [-0.2, -0.15) is 4.31 Å². The van der Waals surface area contributed by atoms with E-state index in [4.69, 9.17) is 0 Å². The van der Waals surface area contributed by atoms with Gasteiger partial charge in [0.15, 0.2) is 0 Å². The van der Waals surface area contributed by atoms with Crippen LogP contribution < -0.4 is 5.32 Å². The van der Waals surface area contributed by atoms with Crippen LogP contribution in [0.25, 0.3) is 0 Å². The molecule has 0 bridgehead atoms. The van der Waals surface area contributed by atoms with Crippen LogP contribution in [-0.4, -0.2) is 41.2 Å². The first kappa shape index (κ1) is 17.0. The van der Waals surface area contributed by atoms with Crippen molar-refractivity contribution < 1.29 is 13.2 Å². The number of carbonyl (C=O) groups is 1. The molecular weight excluding hydrogens is 348 g/mol. The van der Waals surface area contributed by atoms with Crippen LogP contribution in [0.1, 0.15) is 25.7 Å². The van der Waals surface area contributed by atoms with Crippen molar-refractivity contribution in [2.45, 2.75) is 35.9 Å². The van der Waals surface area contributed by atoms with E-state index >= 15 is 0 Å². The zero-order valence-corrected chi connectivity index (χ0v) is 14.6. The molecule has 1 saturated heterocycles. The molecule has 0 radical (unpaired) electrons. The minimum absolute atomic E-state index is 0.100. The zero-order chi connectivity index (χ0) is 17.0. The predicted molar refractivity (Wildman–Crippen MR) is 91.1 cm³/mol. The lowest BCUT2D eigenvalue weighted by molar-refractivity contribution is -0.117. The maximum Gasteiger partial charge on any atom is 0.252 e. The van der Waals surface area contributed by atoms with Crippen LogP contribution in [0, 0.1) is 0 Å². The maximum absolute atomic E-state index is 12.8.